The lowest BCUT2D eigenvalue weighted by Crippen LogP contribution is -2.48. The Hall–Kier alpha value is -2.50. The van der Waals surface area contributed by atoms with E-state index in [1.54, 1.807) is 17.1 Å². The van der Waals surface area contributed by atoms with Crippen LogP contribution in [0.4, 0.5) is 11.4 Å². The molecule has 0 bridgehead atoms. The fourth-order valence-electron chi connectivity index (χ4n) is 2.57. The fraction of sp³-hybridized carbons (Fsp3) is 0.333. The van der Waals surface area contributed by atoms with Crippen LogP contribution in [0.15, 0.2) is 36.8 Å². The van der Waals surface area contributed by atoms with Crippen molar-refractivity contribution in [1.29, 1.82) is 0 Å². The van der Waals surface area contributed by atoms with Crippen LogP contribution in [-0.2, 0) is 7.05 Å². The van der Waals surface area contributed by atoms with Crippen LogP contribution < -0.4 is 10.6 Å². The van der Waals surface area contributed by atoms with E-state index in [1.807, 2.05) is 36.2 Å². The quantitative estimate of drug-likeness (QED) is 0.835. The Kier molecular flexibility index (Phi) is 3.51. The number of nitrogen functional groups attached to an aromatic ring is 1. The summed E-state index contributed by atoms with van der Waals surface area (Å²) in [5, 5.41) is 0. The molecule has 6 nitrogen and oxygen atoms in total. The van der Waals surface area contributed by atoms with Gasteiger partial charge in [0.05, 0.1) is 6.33 Å². The number of aromatic nitrogens is 2. The first-order valence-corrected chi connectivity index (χ1v) is 7.01. The van der Waals surface area contributed by atoms with Gasteiger partial charge in [0.1, 0.15) is 5.69 Å². The standard InChI is InChI=1S/C15H19N5O/c1-18-10-14(17-11-18)15(21)20-7-5-19(6-8-20)13-4-2-3-12(16)9-13/h2-4,9-11H,5-8,16H2,1H3. The molecule has 2 aromatic rings. The van der Waals surface area contributed by atoms with Gasteiger partial charge in [-0.2, -0.15) is 0 Å². The number of anilines is 2. The molecule has 0 radical (unpaired) electrons. The normalized spacial score (nSPS) is 15.3. The number of hydrogen-bond donors (Lipinski definition) is 1. The zero-order valence-corrected chi connectivity index (χ0v) is 12.1. The van der Waals surface area contributed by atoms with Gasteiger partial charge >= 0.3 is 0 Å². The van der Waals surface area contributed by atoms with Gasteiger partial charge < -0.3 is 20.1 Å². The van der Waals surface area contributed by atoms with Crippen molar-refractivity contribution < 1.29 is 4.79 Å². The Morgan fingerprint density at radius 1 is 1.24 bits per heavy atom. The molecule has 1 aliphatic rings. The molecule has 3 rings (SSSR count). The van der Waals surface area contributed by atoms with Gasteiger partial charge in [0.15, 0.2) is 0 Å². The number of imidazole rings is 1. The zero-order chi connectivity index (χ0) is 14.8. The van der Waals surface area contributed by atoms with E-state index in [0.29, 0.717) is 18.8 Å². The summed E-state index contributed by atoms with van der Waals surface area (Å²) < 4.78 is 1.79. The second-order valence-electron chi connectivity index (χ2n) is 5.30. The molecule has 2 N–H and O–H groups in total. The van der Waals surface area contributed by atoms with Gasteiger partial charge in [0.25, 0.3) is 5.91 Å². The minimum absolute atomic E-state index is 0.00262. The van der Waals surface area contributed by atoms with Crippen LogP contribution >= 0.6 is 0 Å². The number of aryl methyl sites for hydroxylation is 1. The van der Waals surface area contributed by atoms with Crippen LogP contribution in [-0.4, -0.2) is 46.5 Å². The first-order valence-electron chi connectivity index (χ1n) is 7.01. The number of benzene rings is 1. The maximum atomic E-state index is 12.3. The fourth-order valence-corrected chi connectivity index (χ4v) is 2.57. The Labute approximate surface area is 123 Å². The van der Waals surface area contributed by atoms with Crippen molar-refractivity contribution in [1.82, 2.24) is 14.5 Å². The van der Waals surface area contributed by atoms with Crippen molar-refractivity contribution in [3.05, 3.63) is 42.5 Å². The number of carbonyl (C=O) groups excluding carboxylic acids is 1. The highest BCUT2D eigenvalue weighted by atomic mass is 16.2. The van der Waals surface area contributed by atoms with Crippen LogP contribution in [0.25, 0.3) is 0 Å². The van der Waals surface area contributed by atoms with E-state index < -0.39 is 0 Å². The number of nitrogens with zero attached hydrogens (tertiary/aromatic N) is 4. The molecule has 6 heteroatoms. The summed E-state index contributed by atoms with van der Waals surface area (Å²) in [7, 11) is 1.86. The third-order valence-electron chi connectivity index (χ3n) is 3.73. The minimum Gasteiger partial charge on any atom is -0.399 e. The molecular weight excluding hydrogens is 266 g/mol. The number of carbonyl (C=O) groups is 1. The molecule has 1 aromatic heterocycles. The van der Waals surface area contributed by atoms with Crippen molar-refractivity contribution in [2.24, 2.45) is 7.05 Å². The van der Waals surface area contributed by atoms with Gasteiger partial charge in [-0.25, -0.2) is 4.98 Å². The molecule has 0 spiro atoms. The van der Waals surface area contributed by atoms with Gasteiger partial charge in [-0.3, -0.25) is 4.79 Å². The molecule has 1 aliphatic heterocycles. The summed E-state index contributed by atoms with van der Waals surface area (Å²) in [4.78, 5) is 20.5. The summed E-state index contributed by atoms with van der Waals surface area (Å²) >= 11 is 0. The maximum absolute atomic E-state index is 12.3. The molecular formula is C15H19N5O. The Balaban J connectivity index is 1.64. The van der Waals surface area contributed by atoms with E-state index in [0.717, 1.165) is 24.5 Å². The summed E-state index contributed by atoms with van der Waals surface area (Å²) in [6.07, 6.45) is 3.41. The van der Waals surface area contributed by atoms with Gasteiger partial charge in [-0.05, 0) is 18.2 Å². The van der Waals surface area contributed by atoms with E-state index in [-0.39, 0.29) is 5.91 Å². The molecule has 0 aliphatic carbocycles. The number of piperazine rings is 1. The molecule has 2 heterocycles. The van der Waals surface area contributed by atoms with Crippen molar-refractivity contribution in [3.63, 3.8) is 0 Å². The van der Waals surface area contributed by atoms with Crippen molar-refractivity contribution in [2.75, 3.05) is 36.8 Å². The third kappa shape index (κ3) is 2.84. The van der Waals surface area contributed by atoms with E-state index in [2.05, 4.69) is 9.88 Å². The topological polar surface area (TPSA) is 67.4 Å². The number of rotatable bonds is 2. The van der Waals surface area contributed by atoms with E-state index in [4.69, 9.17) is 5.73 Å². The van der Waals surface area contributed by atoms with E-state index >= 15 is 0 Å². The Morgan fingerprint density at radius 2 is 2.00 bits per heavy atom. The third-order valence-corrected chi connectivity index (χ3v) is 3.73. The minimum atomic E-state index is 0.00262. The lowest BCUT2D eigenvalue weighted by Gasteiger charge is -2.35. The number of hydrogen-bond acceptors (Lipinski definition) is 4. The first kappa shape index (κ1) is 13.5. The molecule has 0 unspecified atom stereocenters. The van der Waals surface area contributed by atoms with Gasteiger partial charge in [-0.15, -0.1) is 0 Å². The predicted octanol–water partition coefficient (Wildman–Crippen LogP) is 0.965. The Morgan fingerprint density at radius 3 is 2.62 bits per heavy atom. The Bertz CT molecular complexity index is 643. The van der Waals surface area contributed by atoms with Crippen LogP contribution in [0.1, 0.15) is 10.5 Å². The summed E-state index contributed by atoms with van der Waals surface area (Å²) in [5.41, 5.74) is 8.20. The highest BCUT2D eigenvalue weighted by molar-refractivity contribution is 5.92. The molecule has 1 amide bonds. The van der Waals surface area contributed by atoms with Crippen LogP contribution in [0.5, 0.6) is 0 Å². The molecule has 1 aromatic carbocycles. The smallest absolute Gasteiger partial charge is 0.274 e. The second-order valence-corrected chi connectivity index (χ2v) is 5.30. The largest absolute Gasteiger partial charge is 0.399 e. The summed E-state index contributed by atoms with van der Waals surface area (Å²) in [5.74, 6) is 0.00262. The second kappa shape index (κ2) is 5.47. The van der Waals surface area contributed by atoms with Crippen LogP contribution in [0.2, 0.25) is 0 Å². The van der Waals surface area contributed by atoms with E-state index in [9.17, 15) is 4.79 Å². The SMILES string of the molecule is Cn1cnc(C(=O)N2CCN(c3cccc(N)c3)CC2)c1. The predicted molar refractivity (Wildman–Crippen MR) is 82.2 cm³/mol. The average Bonchev–Trinajstić information content (AvgIpc) is 2.93. The molecule has 1 fully saturated rings. The highest BCUT2D eigenvalue weighted by Crippen LogP contribution is 2.19. The molecule has 1 saturated heterocycles. The van der Waals surface area contributed by atoms with E-state index in [1.165, 1.54) is 0 Å². The van der Waals surface area contributed by atoms with Crippen molar-refractivity contribution >= 4 is 17.3 Å². The zero-order valence-electron chi connectivity index (χ0n) is 12.1. The molecule has 110 valence electrons. The van der Waals surface area contributed by atoms with Crippen LogP contribution in [0.3, 0.4) is 0 Å². The number of nitrogens with two attached hydrogens (primary N) is 1. The monoisotopic (exact) mass is 285 g/mol. The molecule has 0 saturated carbocycles. The average molecular weight is 285 g/mol. The number of amides is 1. The highest BCUT2D eigenvalue weighted by Gasteiger charge is 2.23. The lowest BCUT2D eigenvalue weighted by atomic mass is 10.2. The first-order chi connectivity index (χ1) is 10.1. The maximum Gasteiger partial charge on any atom is 0.274 e. The lowest BCUT2D eigenvalue weighted by molar-refractivity contribution is 0.0741. The molecule has 21 heavy (non-hydrogen) atoms. The van der Waals surface area contributed by atoms with Gasteiger partial charge in [-0.1, -0.05) is 6.07 Å². The van der Waals surface area contributed by atoms with Crippen molar-refractivity contribution in [2.45, 2.75) is 0 Å². The summed E-state index contributed by atoms with van der Waals surface area (Å²) in [6, 6.07) is 7.85. The summed E-state index contributed by atoms with van der Waals surface area (Å²) in [6.45, 7) is 3.01. The van der Waals surface area contributed by atoms with Gasteiger partial charge in [0.2, 0.25) is 0 Å². The van der Waals surface area contributed by atoms with Gasteiger partial charge in [0, 0.05) is 50.8 Å². The van der Waals surface area contributed by atoms with Crippen LogP contribution in [0, 0.1) is 0 Å². The molecule has 0 atom stereocenters. The van der Waals surface area contributed by atoms with Crippen molar-refractivity contribution in [3.8, 4) is 0 Å².